The van der Waals surface area contributed by atoms with Crippen LogP contribution < -0.4 is 9.64 Å². The van der Waals surface area contributed by atoms with Gasteiger partial charge in [0.25, 0.3) is 11.6 Å². The van der Waals surface area contributed by atoms with Crippen LogP contribution in [0.2, 0.25) is 0 Å². The lowest BCUT2D eigenvalue weighted by Gasteiger charge is -2.35. The molecule has 0 fully saturated rings. The number of ether oxygens (including phenoxy) is 1. The number of anilines is 1. The number of non-ortho nitro benzene ring substituents is 1. The summed E-state index contributed by atoms with van der Waals surface area (Å²) >= 11 is 0. The Kier molecular flexibility index (Phi) is 6.65. The number of hydrogen-bond acceptors (Lipinski definition) is 4. The first-order chi connectivity index (χ1) is 14.0. The van der Waals surface area contributed by atoms with Crippen LogP contribution in [0.3, 0.4) is 0 Å². The molecule has 2 aromatic rings. The van der Waals surface area contributed by atoms with Crippen molar-refractivity contribution in [2.24, 2.45) is 0 Å². The van der Waals surface area contributed by atoms with Gasteiger partial charge in [-0.1, -0.05) is 51.0 Å². The predicted molar refractivity (Wildman–Crippen MR) is 114 cm³/mol. The van der Waals surface area contributed by atoms with E-state index in [2.05, 4.69) is 19.1 Å². The zero-order valence-electron chi connectivity index (χ0n) is 16.8. The molecule has 1 atom stereocenters. The fourth-order valence-corrected chi connectivity index (χ4v) is 3.34. The molecule has 2 aromatic carbocycles. The zero-order valence-corrected chi connectivity index (χ0v) is 16.8. The molecule has 6 heteroatoms. The van der Waals surface area contributed by atoms with E-state index in [0.29, 0.717) is 17.9 Å². The molecule has 6 nitrogen and oxygen atoms in total. The fraction of sp³-hybridized carbons (Fsp3) is 0.348. The van der Waals surface area contributed by atoms with Crippen LogP contribution in [0.15, 0.2) is 48.5 Å². The summed E-state index contributed by atoms with van der Waals surface area (Å²) in [6.45, 7) is 4.64. The van der Waals surface area contributed by atoms with Crippen LogP contribution in [0.25, 0.3) is 6.08 Å². The zero-order chi connectivity index (χ0) is 20.8. The second-order valence-corrected chi connectivity index (χ2v) is 7.11. The van der Waals surface area contributed by atoms with Gasteiger partial charge in [0.15, 0.2) is 5.75 Å². The van der Waals surface area contributed by atoms with E-state index < -0.39 is 4.92 Å². The number of nitrogens with zero attached hydrogens (tertiary/aromatic N) is 2. The van der Waals surface area contributed by atoms with Gasteiger partial charge >= 0.3 is 0 Å². The smallest absolute Gasteiger partial charge is 0.269 e. The van der Waals surface area contributed by atoms with E-state index in [1.807, 2.05) is 25.1 Å². The van der Waals surface area contributed by atoms with E-state index >= 15 is 0 Å². The second-order valence-electron chi connectivity index (χ2n) is 7.11. The molecule has 1 unspecified atom stereocenters. The number of nitro benzene ring substituents is 1. The van der Waals surface area contributed by atoms with Crippen molar-refractivity contribution in [3.05, 3.63) is 69.8 Å². The number of carbonyl (C=O) groups is 1. The summed E-state index contributed by atoms with van der Waals surface area (Å²) < 4.78 is 6.20. The number of benzene rings is 2. The SMILES string of the molecule is CCCC/C=C/c1cccc2c1OC(CC)CN2C(=O)c1ccc([N+](=O)[O-])cc1. The molecule has 0 aliphatic carbocycles. The van der Waals surface area contributed by atoms with Gasteiger partial charge < -0.3 is 9.64 Å². The van der Waals surface area contributed by atoms with Crippen LogP contribution in [-0.2, 0) is 0 Å². The van der Waals surface area contributed by atoms with Crippen molar-refractivity contribution < 1.29 is 14.5 Å². The first kappa shape index (κ1) is 20.6. The Morgan fingerprint density at radius 2 is 2.00 bits per heavy atom. The van der Waals surface area contributed by atoms with Crippen LogP contribution >= 0.6 is 0 Å². The first-order valence-corrected chi connectivity index (χ1v) is 10.1. The molecule has 0 N–H and O–H groups in total. The highest BCUT2D eigenvalue weighted by Gasteiger charge is 2.31. The Labute approximate surface area is 170 Å². The molecule has 1 aliphatic rings. The molecule has 0 saturated carbocycles. The number of carbonyl (C=O) groups excluding carboxylic acids is 1. The third-order valence-electron chi connectivity index (χ3n) is 5.03. The number of para-hydroxylation sites is 1. The van der Waals surface area contributed by atoms with Crippen LogP contribution in [0.4, 0.5) is 11.4 Å². The van der Waals surface area contributed by atoms with Gasteiger partial charge in [-0.25, -0.2) is 0 Å². The van der Waals surface area contributed by atoms with Crippen LogP contribution in [-0.4, -0.2) is 23.5 Å². The normalized spacial score (nSPS) is 15.8. The quantitative estimate of drug-likeness (QED) is 0.347. The first-order valence-electron chi connectivity index (χ1n) is 10.1. The summed E-state index contributed by atoms with van der Waals surface area (Å²) in [6.07, 6.45) is 8.15. The molecule has 152 valence electrons. The van der Waals surface area contributed by atoms with Crippen molar-refractivity contribution in [1.82, 2.24) is 0 Å². The highest BCUT2D eigenvalue weighted by molar-refractivity contribution is 6.07. The van der Waals surface area contributed by atoms with Crippen molar-refractivity contribution in [3.63, 3.8) is 0 Å². The number of nitro groups is 1. The molecule has 0 spiro atoms. The van der Waals surface area contributed by atoms with Crippen LogP contribution in [0.5, 0.6) is 5.75 Å². The molecular formula is C23H26N2O4. The Bertz CT molecular complexity index is 906. The molecular weight excluding hydrogens is 368 g/mol. The number of fused-ring (bicyclic) bond motifs is 1. The molecule has 1 amide bonds. The Morgan fingerprint density at radius 3 is 2.66 bits per heavy atom. The van der Waals surface area contributed by atoms with Gasteiger partial charge in [-0.2, -0.15) is 0 Å². The molecule has 0 saturated heterocycles. The summed E-state index contributed by atoms with van der Waals surface area (Å²) in [4.78, 5) is 25.3. The summed E-state index contributed by atoms with van der Waals surface area (Å²) in [6, 6.07) is 11.5. The average molecular weight is 394 g/mol. The summed E-state index contributed by atoms with van der Waals surface area (Å²) in [7, 11) is 0. The minimum atomic E-state index is -0.470. The topological polar surface area (TPSA) is 72.7 Å². The van der Waals surface area contributed by atoms with Gasteiger partial charge in [-0.15, -0.1) is 0 Å². The molecule has 1 aliphatic heterocycles. The number of allylic oxidation sites excluding steroid dienone is 1. The largest absolute Gasteiger partial charge is 0.486 e. The van der Waals surface area contributed by atoms with Crippen LogP contribution in [0, 0.1) is 10.1 Å². The fourth-order valence-electron chi connectivity index (χ4n) is 3.34. The Balaban J connectivity index is 1.93. The van der Waals surface area contributed by atoms with Crippen molar-refractivity contribution in [3.8, 4) is 5.75 Å². The highest BCUT2D eigenvalue weighted by atomic mass is 16.6. The van der Waals surface area contributed by atoms with Gasteiger partial charge in [0.2, 0.25) is 0 Å². The van der Waals surface area contributed by atoms with E-state index in [-0.39, 0.29) is 17.7 Å². The molecule has 3 rings (SSSR count). The lowest BCUT2D eigenvalue weighted by molar-refractivity contribution is -0.384. The number of unbranched alkanes of at least 4 members (excludes halogenated alkanes) is 2. The Morgan fingerprint density at radius 1 is 1.24 bits per heavy atom. The molecule has 1 heterocycles. The van der Waals surface area contributed by atoms with E-state index in [0.717, 1.165) is 36.9 Å². The molecule has 0 aromatic heterocycles. The summed E-state index contributed by atoms with van der Waals surface area (Å²) in [5.41, 5.74) is 2.08. The van der Waals surface area contributed by atoms with Gasteiger partial charge in [0, 0.05) is 23.3 Å². The van der Waals surface area contributed by atoms with Gasteiger partial charge in [-0.05, 0) is 31.0 Å². The van der Waals surface area contributed by atoms with E-state index in [4.69, 9.17) is 4.74 Å². The predicted octanol–water partition coefficient (Wildman–Crippen LogP) is 5.62. The third kappa shape index (κ3) is 4.65. The lowest BCUT2D eigenvalue weighted by Crippen LogP contribution is -2.43. The number of amides is 1. The maximum Gasteiger partial charge on any atom is 0.269 e. The monoisotopic (exact) mass is 394 g/mol. The van der Waals surface area contributed by atoms with Gasteiger partial charge in [-0.3, -0.25) is 14.9 Å². The summed E-state index contributed by atoms with van der Waals surface area (Å²) in [5, 5.41) is 10.9. The van der Waals surface area contributed by atoms with Gasteiger partial charge in [0.05, 0.1) is 17.2 Å². The van der Waals surface area contributed by atoms with E-state index in [1.165, 1.54) is 24.3 Å². The van der Waals surface area contributed by atoms with E-state index in [1.54, 1.807) is 4.90 Å². The average Bonchev–Trinajstić information content (AvgIpc) is 2.75. The molecule has 0 radical (unpaired) electrons. The van der Waals surface area contributed by atoms with Crippen LogP contribution in [0.1, 0.15) is 55.5 Å². The Hall–Kier alpha value is -3.15. The summed E-state index contributed by atoms with van der Waals surface area (Å²) in [5.74, 6) is 0.531. The minimum absolute atomic E-state index is 0.0325. The highest BCUT2D eigenvalue weighted by Crippen LogP contribution is 2.38. The third-order valence-corrected chi connectivity index (χ3v) is 5.03. The number of rotatable bonds is 7. The standard InChI is InChI=1S/C23H26N2O4/c1-3-5-6-7-9-17-10-8-11-21-22(17)29-20(4-2)16-24(21)23(26)18-12-14-19(15-13-18)25(27)28/h7-15,20H,3-6,16H2,1-2H3/b9-7+. The van der Waals surface area contributed by atoms with Gasteiger partial charge in [0.1, 0.15) is 6.10 Å². The molecule has 29 heavy (non-hydrogen) atoms. The maximum absolute atomic E-state index is 13.2. The minimum Gasteiger partial charge on any atom is -0.486 e. The second kappa shape index (κ2) is 9.37. The van der Waals surface area contributed by atoms with Crippen molar-refractivity contribution >= 4 is 23.4 Å². The van der Waals surface area contributed by atoms with Crippen molar-refractivity contribution in [2.75, 3.05) is 11.4 Å². The van der Waals surface area contributed by atoms with Crippen molar-refractivity contribution in [2.45, 2.75) is 45.6 Å². The lowest BCUT2D eigenvalue weighted by atomic mass is 10.1. The van der Waals surface area contributed by atoms with Crippen molar-refractivity contribution in [1.29, 1.82) is 0 Å². The molecule has 0 bridgehead atoms. The maximum atomic E-state index is 13.2. The van der Waals surface area contributed by atoms with E-state index in [9.17, 15) is 14.9 Å². The number of hydrogen-bond donors (Lipinski definition) is 0.